The molecule has 88 valence electrons. The van der Waals surface area contributed by atoms with Crippen LogP contribution in [0.25, 0.3) is 0 Å². The molecule has 0 spiro atoms. The Morgan fingerprint density at radius 1 is 1.53 bits per heavy atom. The fraction of sp³-hybridized carbons (Fsp3) is 0.182. The SMILES string of the molecule is COc1cccc(C(=O)CSc2ncns2)c1. The largest absolute Gasteiger partial charge is 0.497 e. The minimum Gasteiger partial charge on any atom is -0.497 e. The van der Waals surface area contributed by atoms with Crippen LogP contribution in [0.5, 0.6) is 5.75 Å². The Bertz CT molecular complexity index is 500. The summed E-state index contributed by atoms with van der Waals surface area (Å²) in [7, 11) is 1.58. The lowest BCUT2D eigenvalue weighted by Crippen LogP contribution is -2.02. The third-order valence-electron chi connectivity index (χ3n) is 2.06. The molecular weight excluding hydrogens is 256 g/mol. The van der Waals surface area contributed by atoms with Crippen molar-refractivity contribution < 1.29 is 9.53 Å². The highest BCUT2D eigenvalue weighted by Crippen LogP contribution is 2.20. The molecule has 2 rings (SSSR count). The van der Waals surface area contributed by atoms with Gasteiger partial charge < -0.3 is 4.74 Å². The van der Waals surface area contributed by atoms with Crippen molar-refractivity contribution >= 4 is 29.1 Å². The van der Waals surface area contributed by atoms with E-state index in [0.29, 0.717) is 17.1 Å². The standard InChI is InChI=1S/C11H10N2O2S2/c1-15-9-4-2-3-8(5-9)10(14)6-16-11-12-7-13-17-11/h2-5,7H,6H2,1H3. The Kier molecular flexibility index (Phi) is 4.11. The van der Waals surface area contributed by atoms with E-state index < -0.39 is 0 Å². The maximum Gasteiger partial charge on any atom is 0.173 e. The second-order valence-electron chi connectivity index (χ2n) is 3.15. The number of carbonyl (C=O) groups is 1. The van der Waals surface area contributed by atoms with Crippen molar-refractivity contribution in [1.29, 1.82) is 0 Å². The van der Waals surface area contributed by atoms with E-state index in [-0.39, 0.29) is 5.78 Å². The van der Waals surface area contributed by atoms with Crippen molar-refractivity contribution in [2.24, 2.45) is 0 Å². The summed E-state index contributed by atoms with van der Waals surface area (Å²) in [6.07, 6.45) is 1.49. The number of thioether (sulfide) groups is 1. The molecule has 0 saturated heterocycles. The number of ether oxygens (including phenoxy) is 1. The van der Waals surface area contributed by atoms with Gasteiger partial charge in [-0.15, -0.1) is 0 Å². The minimum atomic E-state index is 0.0594. The van der Waals surface area contributed by atoms with Gasteiger partial charge in [0.05, 0.1) is 12.9 Å². The topological polar surface area (TPSA) is 52.1 Å². The zero-order valence-corrected chi connectivity index (χ0v) is 10.8. The number of carbonyl (C=O) groups excluding carboxylic acids is 1. The quantitative estimate of drug-likeness (QED) is 0.615. The third kappa shape index (κ3) is 3.28. The molecule has 0 saturated carbocycles. The van der Waals surface area contributed by atoms with Gasteiger partial charge in [-0.05, 0) is 23.7 Å². The lowest BCUT2D eigenvalue weighted by Gasteiger charge is -2.02. The summed E-state index contributed by atoms with van der Waals surface area (Å²) in [4.78, 5) is 15.9. The molecule has 1 heterocycles. The van der Waals surface area contributed by atoms with Crippen LogP contribution in [0.15, 0.2) is 34.9 Å². The van der Waals surface area contributed by atoms with Crippen LogP contribution in [0.4, 0.5) is 0 Å². The first-order chi connectivity index (χ1) is 8.29. The van der Waals surface area contributed by atoms with Gasteiger partial charge in [-0.25, -0.2) is 4.98 Å². The lowest BCUT2D eigenvalue weighted by molar-refractivity contribution is 0.102. The molecule has 2 aromatic rings. The van der Waals surface area contributed by atoms with Crippen LogP contribution in [-0.4, -0.2) is 28.0 Å². The molecule has 17 heavy (non-hydrogen) atoms. The molecule has 6 heteroatoms. The number of Topliss-reactive ketones (excluding diaryl/α,β-unsaturated/α-hetero) is 1. The van der Waals surface area contributed by atoms with E-state index in [4.69, 9.17) is 4.74 Å². The first-order valence-corrected chi connectivity index (χ1v) is 6.62. The van der Waals surface area contributed by atoms with E-state index in [1.54, 1.807) is 19.2 Å². The molecule has 0 aliphatic carbocycles. The van der Waals surface area contributed by atoms with E-state index >= 15 is 0 Å². The lowest BCUT2D eigenvalue weighted by atomic mass is 10.1. The van der Waals surface area contributed by atoms with Crippen LogP contribution in [0, 0.1) is 0 Å². The van der Waals surface area contributed by atoms with Gasteiger partial charge in [0.15, 0.2) is 10.1 Å². The van der Waals surface area contributed by atoms with Crippen molar-refractivity contribution in [3.05, 3.63) is 36.2 Å². The summed E-state index contributed by atoms with van der Waals surface area (Å²) >= 11 is 2.69. The van der Waals surface area contributed by atoms with Gasteiger partial charge in [-0.3, -0.25) is 4.79 Å². The smallest absolute Gasteiger partial charge is 0.173 e. The number of benzene rings is 1. The Hall–Kier alpha value is -1.40. The van der Waals surface area contributed by atoms with Crippen LogP contribution in [0.3, 0.4) is 0 Å². The number of aromatic nitrogens is 2. The van der Waals surface area contributed by atoms with Crippen LogP contribution in [0.1, 0.15) is 10.4 Å². The average molecular weight is 266 g/mol. The third-order valence-corrected chi connectivity index (χ3v) is 3.86. The Balaban J connectivity index is 1.99. The van der Waals surface area contributed by atoms with E-state index in [0.717, 1.165) is 4.34 Å². The number of methoxy groups -OCH3 is 1. The molecule has 0 unspecified atom stereocenters. The molecule has 0 fully saturated rings. The van der Waals surface area contributed by atoms with E-state index in [1.807, 2.05) is 12.1 Å². The molecule has 0 aliphatic rings. The highest BCUT2D eigenvalue weighted by atomic mass is 32.2. The van der Waals surface area contributed by atoms with Gasteiger partial charge >= 0.3 is 0 Å². The molecule has 0 atom stereocenters. The highest BCUT2D eigenvalue weighted by molar-refractivity contribution is 8.01. The molecule has 1 aromatic carbocycles. The van der Waals surface area contributed by atoms with Crippen LogP contribution < -0.4 is 4.74 Å². The summed E-state index contributed by atoms with van der Waals surface area (Å²) in [6.45, 7) is 0. The van der Waals surface area contributed by atoms with Gasteiger partial charge in [0.2, 0.25) is 0 Å². The highest BCUT2D eigenvalue weighted by Gasteiger charge is 2.08. The molecule has 0 bridgehead atoms. The van der Waals surface area contributed by atoms with Crippen molar-refractivity contribution in [1.82, 2.24) is 9.36 Å². The van der Waals surface area contributed by atoms with E-state index in [9.17, 15) is 4.79 Å². The molecular formula is C11H10N2O2S2. The van der Waals surface area contributed by atoms with Gasteiger partial charge in [0.25, 0.3) is 0 Å². The maximum atomic E-state index is 11.9. The number of hydrogen-bond acceptors (Lipinski definition) is 6. The Labute approximate surface area is 107 Å². The van der Waals surface area contributed by atoms with E-state index in [1.165, 1.54) is 29.6 Å². The first-order valence-electron chi connectivity index (χ1n) is 4.86. The summed E-state index contributed by atoms with van der Waals surface area (Å²) in [6, 6.07) is 7.14. The minimum absolute atomic E-state index is 0.0594. The first kappa shape index (κ1) is 12.1. The number of nitrogens with zero attached hydrogens (tertiary/aromatic N) is 2. The van der Waals surface area contributed by atoms with Gasteiger partial charge in [-0.1, -0.05) is 23.9 Å². The summed E-state index contributed by atoms with van der Waals surface area (Å²) < 4.78 is 9.76. The molecule has 0 amide bonds. The molecule has 0 radical (unpaired) electrons. The Morgan fingerprint density at radius 2 is 2.41 bits per heavy atom. The summed E-state index contributed by atoms with van der Waals surface area (Å²) in [5, 5.41) is 0. The number of rotatable bonds is 5. The van der Waals surface area contributed by atoms with Crippen molar-refractivity contribution in [2.45, 2.75) is 4.34 Å². The van der Waals surface area contributed by atoms with Gasteiger partial charge in [0, 0.05) is 5.56 Å². The fourth-order valence-corrected chi connectivity index (χ4v) is 2.57. The van der Waals surface area contributed by atoms with E-state index in [2.05, 4.69) is 9.36 Å². The van der Waals surface area contributed by atoms with Crippen LogP contribution in [-0.2, 0) is 0 Å². The maximum absolute atomic E-state index is 11.9. The number of hydrogen-bond donors (Lipinski definition) is 0. The Morgan fingerprint density at radius 3 is 3.12 bits per heavy atom. The summed E-state index contributed by atoms with van der Waals surface area (Å²) in [5.74, 6) is 1.11. The number of ketones is 1. The monoisotopic (exact) mass is 266 g/mol. The molecule has 0 aliphatic heterocycles. The zero-order valence-electron chi connectivity index (χ0n) is 9.12. The zero-order chi connectivity index (χ0) is 12.1. The fourth-order valence-electron chi connectivity index (χ4n) is 1.23. The molecule has 4 nitrogen and oxygen atoms in total. The van der Waals surface area contributed by atoms with Crippen molar-refractivity contribution in [3.8, 4) is 5.75 Å². The van der Waals surface area contributed by atoms with Crippen LogP contribution in [0.2, 0.25) is 0 Å². The van der Waals surface area contributed by atoms with Crippen molar-refractivity contribution in [3.63, 3.8) is 0 Å². The van der Waals surface area contributed by atoms with Gasteiger partial charge in [0.1, 0.15) is 12.1 Å². The molecule has 1 aromatic heterocycles. The molecule has 0 N–H and O–H groups in total. The van der Waals surface area contributed by atoms with Crippen LogP contribution >= 0.6 is 23.3 Å². The van der Waals surface area contributed by atoms with Crippen molar-refractivity contribution in [2.75, 3.05) is 12.9 Å². The average Bonchev–Trinajstić information content (AvgIpc) is 2.89. The normalized spacial score (nSPS) is 10.2. The van der Waals surface area contributed by atoms with Gasteiger partial charge in [-0.2, -0.15) is 4.37 Å². The predicted octanol–water partition coefficient (Wildman–Crippen LogP) is 2.52. The predicted molar refractivity (Wildman–Crippen MR) is 68.0 cm³/mol. The summed E-state index contributed by atoms with van der Waals surface area (Å²) in [5.41, 5.74) is 0.654. The second-order valence-corrected chi connectivity index (χ2v) is 5.15. The second kappa shape index (κ2) is 5.79.